The van der Waals surface area contributed by atoms with Gasteiger partial charge in [0.05, 0.1) is 24.7 Å². The molecule has 4 aromatic rings. The molecule has 41 heavy (non-hydrogen) atoms. The Kier molecular flexibility index (Phi) is 10.6. The molecule has 4 rings (SSSR count). The Labute approximate surface area is 245 Å². The largest absolute Gasteiger partial charge is 0.487 e. The van der Waals surface area contributed by atoms with Gasteiger partial charge in [-0.3, -0.25) is 4.72 Å². The standard InChI is InChI=1S/C31H33ClN2O6S/c1-41(37,38)34-29-18-24(9-16-31(29)39-21-23-5-3-2-4-6-23)30(36)19-33-26(20-35)17-22-7-12-27(13-8-22)40-28-14-10-25(32)11-15-28/h2-16,18,26,30,33-36H,17,19-21H2,1H3/t26-,30?/m0/s1. The summed E-state index contributed by atoms with van der Waals surface area (Å²) in [4.78, 5) is 0. The molecule has 0 aromatic heterocycles. The molecule has 0 amide bonds. The van der Waals surface area contributed by atoms with Gasteiger partial charge in [0, 0.05) is 17.6 Å². The molecule has 0 aliphatic heterocycles. The summed E-state index contributed by atoms with van der Waals surface area (Å²) in [7, 11) is -3.59. The fourth-order valence-corrected chi connectivity index (χ4v) is 4.79. The third-order valence-electron chi connectivity index (χ3n) is 6.20. The molecule has 10 heteroatoms. The second kappa shape index (κ2) is 14.3. The van der Waals surface area contributed by atoms with Crippen molar-refractivity contribution in [3.63, 3.8) is 0 Å². The number of anilines is 1. The minimum absolute atomic E-state index is 0.136. The number of aliphatic hydroxyl groups is 2. The van der Waals surface area contributed by atoms with E-state index in [0.717, 1.165) is 17.4 Å². The van der Waals surface area contributed by atoms with Crippen LogP contribution in [0.4, 0.5) is 5.69 Å². The summed E-state index contributed by atoms with van der Waals surface area (Å²) in [5.41, 5.74) is 2.65. The Bertz CT molecular complexity index is 1500. The van der Waals surface area contributed by atoms with E-state index < -0.39 is 16.1 Å². The number of sulfonamides is 1. The fraction of sp³-hybridized carbons (Fsp3) is 0.226. The van der Waals surface area contributed by atoms with Crippen LogP contribution in [0.1, 0.15) is 22.8 Å². The molecule has 0 fully saturated rings. The van der Waals surface area contributed by atoms with Gasteiger partial charge in [-0.2, -0.15) is 0 Å². The lowest BCUT2D eigenvalue weighted by molar-refractivity contribution is 0.158. The highest BCUT2D eigenvalue weighted by Crippen LogP contribution is 2.30. The molecule has 2 atom stereocenters. The van der Waals surface area contributed by atoms with Crippen molar-refractivity contribution in [3.05, 3.63) is 119 Å². The summed E-state index contributed by atoms with van der Waals surface area (Å²) in [5, 5.41) is 24.6. The summed E-state index contributed by atoms with van der Waals surface area (Å²) >= 11 is 5.92. The molecular weight excluding hydrogens is 564 g/mol. The number of hydrogen-bond acceptors (Lipinski definition) is 7. The van der Waals surface area contributed by atoms with Crippen molar-refractivity contribution in [2.24, 2.45) is 0 Å². The van der Waals surface area contributed by atoms with Crippen molar-refractivity contribution < 1.29 is 28.1 Å². The molecule has 4 N–H and O–H groups in total. The molecule has 0 heterocycles. The maximum Gasteiger partial charge on any atom is 0.229 e. The first-order valence-corrected chi connectivity index (χ1v) is 15.3. The van der Waals surface area contributed by atoms with E-state index in [9.17, 15) is 18.6 Å². The molecular formula is C31H33ClN2O6S. The van der Waals surface area contributed by atoms with E-state index in [-0.39, 0.29) is 31.5 Å². The predicted molar refractivity (Wildman–Crippen MR) is 161 cm³/mol. The number of ether oxygens (including phenoxy) is 2. The van der Waals surface area contributed by atoms with Gasteiger partial charge in [-0.25, -0.2) is 8.42 Å². The van der Waals surface area contributed by atoms with Gasteiger partial charge in [0.1, 0.15) is 23.9 Å². The Morgan fingerprint density at radius 1 is 0.878 bits per heavy atom. The molecule has 0 spiro atoms. The van der Waals surface area contributed by atoms with Gasteiger partial charge in [0.15, 0.2) is 0 Å². The third-order valence-corrected chi connectivity index (χ3v) is 7.04. The first-order valence-electron chi connectivity index (χ1n) is 13.0. The highest BCUT2D eigenvalue weighted by Gasteiger charge is 2.17. The maximum absolute atomic E-state index is 12.0. The summed E-state index contributed by atoms with van der Waals surface area (Å²) in [5.74, 6) is 1.70. The predicted octanol–water partition coefficient (Wildman–Crippen LogP) is 5.31. The highest BCUT2D eigenvalue weighted by molar-refractivity contribution is 7.92. The van der Waals surface area contributed by atoms with Crippen molar-refractivity contribution in [1.29, 1.82) is 0 Å². The molecule has 0 saturated heterocycles. The number of hydrogen-bond donors (Lipinski definition) is 4. The van der Waals surface area contributed by atoms with Crippen molar-refractivity contribution in [2.75, 3.05) is 24.1 Å². The molecule has 4 aromatic carbocycles. The normalized spacial score (nSPS) is 12.9. The van der Waals surface area contributed by atoms with Crippen LogP contribution in [0.15, 0.2) is 97.1 Å². The summed E-state index contributed by atoms with van der Waals surface area (Å²) in [6, 6.07) is 28.7. The van der Waals surface area contributed by atoms with E-state index in [4.69, 9.17) is 21.1 Å². The zero-order valence-electron chi connectivity index (χ0n) is 22.5. The van der Waals surface area contributed by atoms with Crippen LogP contribution in [0.2, 0.25) is 5.02 Å². The fourth-order valence-electron chi connectivity index (χ4n) is 4.11. The Morgan fingerprint density at radius 3 is 2.17 bits per heavy atom. The van der Waals surface area contributed by atoms with Gasteiger partial charge in [-0.05, 0) is 71.6 Å². The lowest BCUT2D eigenvalue weighted by atomic mass is 10.0. The minimum atomic E-state index is -3.59. The molecule has 0 aliphatic rings. The number of nitrogens with one attached hydrogen (secondary N) is 2. The third kappa shape index (κ3) is 9.77. The second-order valence-electron chi connectivity index (χ2n) is 9.61. The van der Waals surface area contributed by atoms with E-state index in [2.05, 4.69) is 10.0 Å². The molecule has 1 unspecified atom stereocenters. The number of halogens is 1. The molecule has 0 bridgehead atoms. The molecule has 0 saturated carbocycles. The van der Waals surface area contributed by atoms with Crippen molar-refractivity contribution >= 4 is 27.3 Å². The average Bonchev–Trinajstić information content (AvgIpc) is 2.96. The average molecular weight is 597 g/mol. The van der Waals surface area contributed by atoms with Crippen LogP contribution in [-0.4, -0.2) is 44.1 Å². The smallest absolute Gasteiger partial charge is 0.229 e. The highest BCUT2D eigenvalue weighted by atomic mass is 35.5. The molecule has 0 aliphatic carbocycles. The monoisotopic (exact) mass is 596 g/mol. The van der Waals surface area contributed by atoms with Gasteiger partial charge >= 0.3 is 0 Å². The Morgan fingerprint density at radius 2 is 1.54 bits per heavy atom. The summed E-state index contributed by atoms with van der Waals surface area (Å²) in [6.07, 6.45) is 0.626. The first kappa shape index (κ1) is 30.4. The lowest BCUT2D eigenvalue weighted by Gasteiger charge is -2.21. The van der Waals surface area contributed by atoms with Crippen molar-refractivity contribution in [1.82, 2.24) is 5.32 Å². The van der Waals surface area contributed by atoms with Crippen LogP contribution in [-0.2, 0) is 23.1 Å². The van der Waals surface area contributed by atoms with Crippen LogP contribution < -0.4 is 19.5 Å². The van der Waals surface area contributed by atoms with Gasteiger partial charge in [-0.1, -0.05) is 60.1 Å². The van der Waals surface area contributed by atoms with E-state index in [1.54, 1.807) is 42.5 Å². The molecule has 0 radical (unpaired) electrons. The van der Waals surface area contributed by atoms with Gasteiger partial charge < -0.3 is 25.0 Å². The zero-order chi connectivity index (χ0) is 29.2. The van der Waals surface area contributed by atoms with Gasteiger partial charge in [-0.15, -0.1) is 0 Å². The lowest BCUT2D eigenvalue weighted by Crippen LogP contribution is -2.37. The number of aliphatic hydroxyl groups excluding tert-OH is 2. The van der Waals surface area contributed by atoms with Crippen molar-refractivity contribution in [3.8, 4) is 17.2 Å². The molecule has 216 valence electrons. The number of rotatable bonds is 14. The van der Waals surface area contributed by atoms with Gasteiger partial charge in [0.2, 0.25) is 10.0 Å². The SMILES string of the molecule is CS(=O)(=O)Nc1cc(C(O)CN[C@H](CO)Cc2ccc(Oc3ccc(Cl)cc3)cc2)ccc1OCc1ccccc1. The van der Waals surface area contributed by atoms with E-state index in [1.807, 2.05) is 54.6 Å². The van der Waals surface area contributed by atoms with Crippen LogP contribution >= 0.6 is 11.6 Å². The minimum Gasteiger partial charge on any atom is -0.487 e. The molecule has 8 nitrogen and oxygen atoms in total. The Balaban J connectivity index is 1.35. The van der Waals surface area contributed by atoms with Crippen LogP contribution in [0.3, 0.4) is 0 Å². The number of benzene rings is 4. The topological polar surface area (TPSA) is 117 Å². The van der Waals surface area contributed by atoms with Crippen LogP contribution in [0, 0.1) is 0 Å². The maximum atomic E-state index is 12.0. The zero-order valence-corrected chi connectivity index (χ0v) is 24.1. The van der Waals surface area contributed by atoms with E-state index >= 15 is 0 Å². The van der Waals surface area contributed by atoms with E-state index in [0.29, 0.717) is 34.3 Å². The quantitative estimate of drug-likeness (QED) is 0.156. The van der Waals surface area contributed by atoms with E-state index in [1.165, 1.54) is 0 Å². The van der Waals surface area contributed by atoms with Crippen molar-refractivity contribution in [2.45, 2.75) is 25.2 Å². The summed E-state index contributed by atoms with van der Waals surface area (Å²) in [6.45, 7) is 0.267. The van der Waals surface area contributed by atoms with Crippen LogP contribution in [0.25, 0.3) is 0 Å². The second-order valence-corrected chi connectivity index (χ2v) is 11.8. The summed E-state index contributed by atoms with van der Waals surface area (Å²) < 4.78 is 38.1. The first-order chi connectivity index (χ1) is 19.7. The van der Waals surface area contributed by atoms with Crippen LogP contribution in [0.5, 0.6) is 17.2 Å². The van der Waals surface area contributed by atoms with Gasteiger partial charge in [0.25, 0.3) is 0 Å². The Hall–Kier alpha value is -3.60.